The van der Waals surface area contributed by atoms with Gasteiger partial charge in [-0.25, -0.2) is 4.79 Å². The molecule has 0 N–H and O–H groups in total. The van der Waals surface area contributed by atoms with Gasteiger partial charge in [0.1, 0.15) is 18.1 Å². The van der Waals surface area contributed by atoms with Crippen molar-refractivity contribution >= 4 is 17.9 Å². The average molecular weight is 336 g/mol. The van der Waals surface area contributed by atoms with Crippen LogP contribution < -0.4 is 0 Å². The van der Waals surface area contributed by atoms with Crippen LogP contribution in [-0.2, 0) is 28.6 Å². The molecule has 3 fully saturated rings. The lowest BCUT2D eigenvalue weighted by Crippen LogP contribution is -2.37. The summed E-state index contributed by atoms with van der Waals surface area (Å²) in [5.74, 6) is -5.15. The summed E-state index contributed by atoms with van der Waals surface area (Å²) in [6, 6.07) is 0. The van der Waals surface area contributed by atoms with Crippen molar-refractivity contribution in [2.45, 2.75) is 38.1 Å². The van der Waals surface area contributed by atoms with E-state index < -0.39 is 42.8 Å². The molecule has 6 unspecified atom stereocenters. The van der Waals surface area contributed by atoms with Crippen LogP contribution in [0.2, 0.25) is 0 Å². The van der Waals surface area contributed by atoms with Crippen molar-refractivity contribution in [3.8, 4) is 0 Å². The molecule has 0 aromatic carbocycles. The molecule has 0 aromatic rings. The van der Waals surface area contributed by atoms with Gasteiger partial charge in [0, 0.05) is 11.8 Å². The Kier molecular flexibility index (Phi) is 3.76. The van der Waals surface area contributed by atoms with Crippen LogP contribution >= 0.6 is 0 Å². The zero-order chi connectivity index (χ0) is 16.9. The van der Waals surface area contributed by atoms with E-state index in [4.69, 9.17) is 9.47 Å². The summed E-state index contributed by atoms with van der Waals surface area (Å²) in [5.41, 5.74) is 0. The number of halogens is 3. The molecular formula is C14H15F3O6. The fourth-order valence-electron chi connectivity index (χ4n) is 3.64. The topological polar surface area (TPSA) is 78.9 Å². The number of alkyl halides is 3. The number of fused-ring (bicyclic) bond motifs is 1. The molecule has 2 saturated carbocycles. The van der Waals surface area contributed by atoms with Crippen molar-refractivity contribution in [1.29, 1.82) is 0 Å². The number of hydrogen-bond donors (Lipinski definition) is 0. The Hall–Kier alpha value is -1.80. The highest BCUT2D eigenvalue weighted by molar-refractivity contribution is 5.79. The molecule has 6 atom stereocenters. The Balaban J connectivity index is 1.49. The molecule has 2 bridgehead atoms. The summed E-state index contributed by atoms with van der Waals surface area (Å²) in [6.45, 7) is -0.237. The van der Waals surface area contributed by atoms with Gasteiger partial charge in [-0.05, 0) is 19.8 Å². The molecule has 1 heterocycles. The molecule has 9 heteroatoms. The fourth-order valence-corrected chi connectivity index (χ4v) is 3.64. The highest BCUT2D eigenvalue weighted by Crippen LogP contribution is 2.55. The van der Waals surface area contributed by atoms with Crippen LogP contribution in [0, 0.1) is 23.7 Å². The second-order valence-corrected chi connectivity index (χ2v) is 6.23. The Morgan fingerprint density at radius 1 is 1.35 bits per heavy atom. The largest absolute Gasteiger partial charge is 0.458 e. The maximum atomic E-state index is 12.3. The number of esters is 3. The van der Waals surface area contributed by atoms with Crippen molar-refractivity contribution < 1.29 is 41.8 Å². The van der Waals surface area contributed by atoms with Crippen molar-refractivity contribution in [2.24, 2.45) is 23.7 Å². The lowest BCUT2D eigenvalue weighted by Gasteiger charge is -2.25. The van der Waals surface area contributed by atoms with Gasteiger partial charge in [-0.1, -0.05) is 0 Å². The van der Waals surface area contributed by atoms with Crippen LogP contribution in [0.15, 0.2) is 0 Å². The van der Waals surface area contributed by atoms with Gasteiger partial charge >= 0.3 is 24.1 Å². The highest BCUT2D eigenvalue weighted by Gasteiger charge is 2.63. The van der Waals surface area contributed by atoms with E-state index in [1.165, 1.54) is 0 Å². The second-order valence-electron chi connectivity index (χ2n) is 6.23. The van der Waals surface area contributed by atoms with Gasteiger partial charge < -0.3 is 14.2 Å². The van der Waals surface area contributed by atoms with E-state index in [2.05, 4.69) is 4.74 Å². The highest BCUT2D eigenvalue weighted by atomic mass is 19.4. The van der Waals surface area contributed by atoms with Crippen molar-refractivity contribution in [3.63, 3.8) is 0 Å². The predicted molar refractivity (Wildman–Crippen MR) is 65.6 cm³/mol. The van der Waals surface area contributed by atoms with Gasteiger partial charge in [0.2, 0.25) is 0 Å². The third-order valence-electron chi connectivity index (χ3n) is 4.86. The van der Waals surface area contributed by atoms with Crippen LogP contribution in [0.3, 0.4) is 0 Å². The van der Waals surface area contributed by atoms with Crippen LogP contribution in [-0.4, -0.2) is 42.9 Å². The molecule has 1 aliphatic heterocycles. The molecule has 0 amide bonds. The SMILES string of the molecule is CC(C(=O)OCC(=O)OC1C2CC3C(=O)OC1C3C2)C(F)(F)F. The Labute approximate surface area is 129 Å². The van der Waals surface area contributed by atoms with E-state index in [1.54, 1.807) is 0 Å². The number of carbonyl (C=O) groups is 3. The summed E-state index contributed by atoms with van der Waals surface area (Å²) < 4.78 is 51.7. The van der Waals surface area contributed by atoms with Crippen LogP contribution in [0.5, 0.6) is 0 Å². The van der Waals surface area contributed by atoms with Gasteiger partial charge in [0.15, 0.2) is 6.61 Å². The fraction of sp³-hybridized carbons (Fsp3) is 0.786. The molecule has 128 valence electrons. The number of ether oxygens (including phenoxy) is 3. The minimum atomic E-state index is -4.72. The second kappa shape index (κ2) is 5.38. The van der Waals surface area contributed by atoms with Gasteiger partial charge in [-0.15, -0.1) is 0 Å². The van der Waals surface area contributed by atoms with Gasteiger partial charge in [0.25, 0.3) is 0 Å². The number of rotatable bonds is 4. The van der Waals surface area contributed by atoms with Crippen LogP contribution in [0.4, 0.5) is 13.2 Å². The minimum Gasteiger partial charge on any atom is -0.458 e. The van der Waals surface area contributed by atoms with Crippen molar-refractivity contribution in [1.82, 2.24) is 0 Å². The number of hydrogen-bond acceptors (Lipinski definition) is 6. The first-order chi connectivity index (χ1) is 10.7. The zero-order valence-corrected chi connectivity index (χ0v) is 12.2. The molecule has 3 rings (SSSR count). The van der Waals surface area contributed by atoms with Crippen molar-refractivity contribution in [2.75, 3.05) is 6.61 Å². The minimum absolute atomic E-state index is 0.00944. The van der Waals surface area contributed by atoms with Gasteiger partial charge in [-0.2, -0.15) is 13.2 Å². The normalized spacial score (nSPS) is 35.8. The smallest absolute Gasteiger partial charge is 0.401 e. The third kappa shape index (κ3) is 2.76. The van der Waals surface area contributed by atoms with E-state index in [1.807, 2.05) is 0 Å². The molecule has 0 spiro atoms. The quantitative estimate of drug-likeness (QED) is 0.567. The lowest BCUT2D eigenvalue weighted by atomic mass is 9.88. The first kappa shape index (κ1) is 16.1. The van der Waals surface area contributed by atoms with Crippen molar-refractivity contribution in [3.05, 3.63) is 0 Å². The summed E-state index contributed by atoms with van der Waals surface area (Å²) in [6.07, 6.45) is -4.50. The van der Waals surface area contributed by atoms with Crippen LogP contribution in [0.1, 0.15) is 19.8 Å². The summed E-state index contributed by atoms with van der Waals surface area (Å²) in [4.78, 5) is 34.5. The standard InChI is InChI=1S/C14H15F3O6/c1-5(14(15,16)17)12(19)21-4-9(18)22-10-6-2-7-8(3-6)13(20)23-11(7)10/h5-8,10-11H,2-4H2,1H3. The first-order valence-electron chi connectivity index (χ1n) is 7.32. The van der Waals surface area contributed by atoms with Gasteiger partial charge in [0.05, 0.1) is 5.92 Å². The van der Waals surface area contributed by atoms with E-state index >= 15 is 0 Å². The predicted octanol–water partition coefficient (Wildman–Crippen LogP) is 1.22. The summed E-state index contributed by atoms with van der Waals surface area (Å²) >= 11 is 0. The molecule has 0 aromatic heterocycles. The monoisotopic (exact) mass is 336 g/mol. The summed E-state index contributed by atoms with van der Waals surface area (Å²) in [5, 5.41) is 0. The van der Waals surface area contributed by atoms with E-state index in [-0.39, 0.29) is 23.7 Å². The molecule has 23 heavy (non-hydrogen) atoms. The van der Waals surface area contributed by atoms with E-state index in [0.29, 0.717) is 13.3 Å². The van der Waals surface area contributed by atoms with Crippen LogP contribution in [0.25, 0.3) is 0 Å². The third-order valence-corrected chi connectivity index (χ3v) is 4.86. The molecule has 1 saturated heterocycles. The van der Waals surface area contributed by atoms with E-state index in [9.17, 15) is 27.6 Å². The molecule has 6 nitrogen and oxygen atoms in total. The molecule has 3 aliphatic rings. The first-order valence-corrected chi connectivity index (χ1v) is 7.32. The maximum Gasteiger partial charge on any atom is 0.401 e. The molecular weight excluding hydrogens is 321 g/mol. The zero-order valence-electron chi connectivity index (χ0n) is 12.2. The summed E-state index contributed by atoms with van der Waals surface area (Å²) in [7, 11) is 0. The van der Waals surface area contributed by atoms with Gasteiger partial charge in [-0.3, -0.25) is 9.59 Å². The van der Waals surface area contributed by atoms with E-state index in [0.717, 1.165) is 6.42 Å². The Bertz CT molecular complexity index is 545. The Morgan fingerprint density at radius 2 is 2.04 bits per heavy atom. The lowest BCUT2D eigenvalue weighted by molar-refractivity contribution is -0.197. The molecule has 2 aliphatic carbocycles. The number of carbonyl (C=O) groups excluding carboxylic acids is 3. The molecule has 0 radical (unpaired) electrons. The maximum absolute atomic E-state index is 12.3. The Morgan fingerprint density at radius 3 is 2.70 bits per heavy atom. The average Bonchev–Trinajstić information content (AvgIpc) is 3.07.